The second kappa shape index (κ2) is 12.3. The number of aliphatic imine (C=N–C) groups is 1. The highest BCUT2D eigenvalue weighted by Gasteiger charge is 2.24. The van der Waals surface area contributed by atoms with Crippen molar-refractivity contribution in [1.29, 1.82) is 0 Å². The second-order valence-electron chi connectivity index (χ2n) is 7.94. The molecular weight excluding hydrogens is 427 g/mol. The molecule has 0 aromatic rings. The maximum absolute atomic E-state index is 5.28. The summed E-state index contributed by atoms with van der Waals surface area (Å²) in [6.45, 7) is 12.6. The van der Waals surface area contributed by atoms with Gasteiger partial charge in [0.15, 0.2) is 5.96 Å². The Kier molecular flexibility index (Phi) is 11.3. The minimum atomic E-state index is 0. The Morgan fingerprint density at radius 1 is 1.16 bits per heavy atom. The van der Waals surface area contributed by atoms with Gasteiger partial charge in [-0.25, -0.2) is 0 Å². The van der Waals surface area contributed by atoms with Gasteiger partial charge in [0.25, 0.3) is 0 Å². The van der Waals surface area contributed by atoms with Crippen molar-refractivity contribution in [3.63, 3.8) is 0 Å². The summed E-state index contributed by atoms with van der Waals surface area (Å²) in [5.41, 5.74) is 0. The third-order valence-electron chi connectivity index (χ3n) is 5.33. The topological polar surface area (TPSA) is 40.1 Å². The average molecular weight is 466 g/mol. The van der Waals surface area contributed by atoms with Crippen molar-refractivity contribution in [1.82, 2.24) is 15.1 Å². The van der Waals surface area contributed by atoms with Crippen molar-refractivity contribution in [3.8, 4) is 0 Å². The number of hydrogen-bond donors (Lipinski definition) is 1. The molecule has 2 aliphatic heterocycles. The number of ether oxygens (including phenoxy) is 1. The molecule has 0 bridgehead atoms. The summed E-state index contributed by atoms with van der Waals surface area (Å²) in [7, 11) is 3.68. The molecule has 0 aromatic heterocycles. The van der Waals surface area contributed by atoms with Crippen molar-refractivity contribution in [2.45, 2.75) is 39.5 Å². The molecule has 0 radical (unpaired) electrons. The lowest BCUT2D eigenvalue weighted by atomic mass is 9.92. The molecule has 2 heterocycles. The Morgan fingerprint density at radius 3 is 2.52 bits per heavy atom. The fourth-order valence-electron chi connectivity index (χ4n) is 4.36. The highest BCUT2D eigenvalue weighted by molar-refractivity contribution is 14.0. The Balaban J connectivity index is 0.00000312. The van der Waals surface area contributed by atoms with Gasteiger partial charge in [0.2, 0.25) is 0 Å². The quantitative estimate of drug-likeness (QED) is 0.271. The van der Waals surface area contributed by atoms with E-state index in [0.29, 0.717) is 5.92 Å². The summed E-state index contributed by atoms with van der Waals surface area (Å²) in [4.78, 5) is 9.48. The minimum Gasteiger partial charge on any atom is -0.384 e. The van der Waals surface area contributed by atoms with E-state index in [9.17, 15) is 0 Å². The summed E-state index contributed by atoms with van der Waals surface area (Å²) in [6, 6.07) is 0. The van der Waals surface area contributed by atoms with E-state index in [-0.39, 0.29) is 24.0 Å². The van der Waals surface area contributed by atoms with E-state index in [4.69, 9.17) is 4.74 Å². The van der Waals surface area contributed by atoms with Crippen LogP contribution in [0.5, 0.6) is 0 Å². The molecule has 5 nitrogen and oxygen atoms in total. The molecule has 148 valence electrons. The Labute approximate surface area is 172 Å². The van der Waals surface area contributed by atoms with Crippen LogP contribution >= 0.6 is 24.0 Å². The van der Waals surface area contributed by atoms with Gasteiger partial charge < -0.3 is 19.9 Å². The largest absolute Gasteiger partial charge is 0.384 e. The van der Waals surface area contributed by atoms with Gasteiger partial charge in [-0.3, -0.25) is 4.99 Å². The van der Waals surface area contributed by atoms with Crippen molar-refractivity contribution >= 4 is 29.9 Å². The standard InChI is InChI=1S/C19H38N4O.HI/c1-16-11-17(2)13-22(12-16)9-6-5-8-21-19(20-3)23-10-7-18(14-23)15-24-4;/h16-18H,5-15H2,1-4H3,(H,20,21);1H. The predicted molar refractivity (Wildman–Crippen MR) is 117 cm³/mol. The highest BCUT2D eigenvalue weighted by Crippen LogP contribution is 2.21. The van der Waals surface area contributed by atoms with E-state index in [2.05, 4.69) is 34.0 Å². The zero-order valence-electron chi connectivity index (χ0n) is 16.7. The zero-order chi connectivity index (χ0) is 17.4. The number of unbranched alkanes of at least 4 members (excludes halogenated alkanes) is 1. The van der Waals surface area contributed by atoms with Crippen molar-refractivity contribution in [2.75, 3.05) is 60.0 Å². The van der Waals surface area contributed by atoms with E-state index in [1.54, 1.807) is 7.11 Å². The number of piperidine rings is 1. The molecule has 2 aliphatic rings. The molecule has 1 N–H and O–H groups in total. The van der Waals surface area contributed by atoms with Crippen LogP contribution in [0.1, 0.15) is 39.5 Å². The van der Waals surface area contributed by atoms with Gasteiger partial charge in [-0.05, 0) is 44.1 Å². The van der Waals surface area contributed by atoms with Crippen LogP contribution < -0.4 is 5.32 Å². The number of halogens is 1. The number of nitrogens with one attached hydrogen (secondary N) is 1. The third kappa shape index (κ3) is 7.99. The third-order valence-corrected chi connectivity index (χ3v) is 5.33. The molecule has 2 saturated heterocycles. The molecule has 0 amide bonds. The van der Waals surface area contributed by atoms with E-state index in [1.165, 1.54) is 45.3 Å². The van der Waals surface area contributed by atoms with Gasteiger partial charge in [-0.15, -0.1) is 24.0 Å². The SMILES string of the molecule is CN=C(NCCCCN1CC(C)CC(C)C1)N1CCC(COC)C1.I. The Bertz CT molecular complexity index is 384. The van der Waals surface area contributed by atoms with Crippen LogP contribution in [-0.2, 0) is 4.74 Å². The van der Waals surface area contributed by atoms with Crippen LogP contribution in [0.2, 0.25) is 0 Å². The van der Waals surface area contributed by atoms with E-state index < -0.39 is 0 Å². The first-order valence-corrected chi connectivity index (χ1v) is 9.79. The van der Waals surface area contributed by atoms with Crippen LogP contribution in [0.25, 0.3) is 0 Å². The van der Waals surface area contributed by atoms with Gasteiger partial charge in [0.1, 0.15) is 0 Å². The molecule has 0 saturated carbocycles. The summed E-state index contributed by atoms with van der Waals surface area (Å²) in [6.07, 6.45) is 5.09. The van der Waals surface area contributed by atoms with Gasteiger partial charge in [0, 0.05) is 52.8 Å². The monoisotopic (exact) mass is 466 g/mol. The van der Waals surface area contributed by atoms with E-state index >= 15 is 0 Å². The molecule has 2 fully saturated rings. The number of likely N-dealkylation sites (tertiary alicyclic amines) is 2. The molecule has 6 heteroatoms. The molecule has 0 spiro atoms. The average Bonchev–Trinajstić information content (AvgIpc) is 2.99. The van der Waals surface area contributed by atoms with E-state index in [1.807, 2.05) is 7.05 Å². The second-order valence-corrected chi connectivity index (χ2v) is 7.94. The van der Waals surface area contributed by atoms with Gasteiger partial charge >= 0.3 is 0 Å². The number of methoxy groups -OCH3 is 1. The smallest absolute Gasteiger partial charge is 0.193 e. The lowest BCUT2D eigenvalue weighted by Crippen LogP contribution is -2.41. The van der Waals surface area contributed by atoms with Gasteiger partial charge in [0.05, 0.1) is 6.61 Å². The highest BCUT2D eigenvalue weighted by atomic mass is 127. The van der Waals surface area contributed by atoms with Crippen LogP contribution in [0.4, 0.5) is 0 Å². The number of rotatable bonds is 7. The first-order valence-electron chi connectivity index (χ1n) is 9.79. The summed E-state index contributed by atoms with van der Waals surface area (Å²) in [5, 5.41) is 3.55. The maximum Gasteiger partial charge on any atom is 0.193 e. The normalized spacial score (nSPS) is 28.1. The minimum absolute atomic E-state index is 0. The first kappa shape index (κ1) is 23.0. The van der Waals surface area contributed by atoms with Gasteiger partial charge in [-0.1, -0.05) is 13.8 Å². The maximum atomic E-state index is 5.28. The first-order chi connectivity index (χ1) is 11.6. The molecule has 2 rings (SSSR count). The van der Waals surface area contributed by atoms with Crippen LogP contribution in [0.15, 0.2) is 4.99 Å². The van der Waals surface area contributed by atoms with Crippen LogP contribution in [-0.4, -0.2) is 75.8 Å². The van der Waals surface area contributed by atoms with Crippen LogP contribution in [0, 0.1) is 17.8 Å². The summed E-state index contributed by atoms with van der Waals surface area (Å²) in [5.74, 6) is 3.44. The van der Waals surface area contributed by atoms with Gasteiger partial charge in [-0.2, -0.15) is 0 Å². The fourth-order valence-corrected chi connectivity index (χ4v) is 4.36. The molecule has 3 atom stereocenters. The predicted octanol–water partition coefficient (Wildman–Crippen LogP) is 2.91. The Morgan fingerprint density at radius 2 is 1.88 bits per heavy atom. The van der Waals surface area contributed by atoms with Crippen molar-refractivity contribution in [3.05, 3.63) is 0 Å². The van der Waals surface area contributed by atoms with Crippen LogP contribution in [0.3, 0.4) is 0 Å². The van der Waals surface area contributed by atoms with E-state index in [0.717, 1.165) is 44.0 Å². The number of guanidine groups is 1. The fraction of sp³-hybridized carbons (Fsp3) is 0.947. The molecule has 3 unspecified atom stereocenters. The number of nitrogens with zero attached hydrogens (tertiary/aromatic N) is 3. The summed E-state index contributed by atoms with van der Waals surface area (Å²) < 4.78 is 5.28. The molecule has 0 aromatic carbocycles. The Hall–Kier alpha value is -0.0800. The molecular formula is C19H39IN4O. The molecule has 25 heavy (non-hydrogen) atoms. The van der Waals surface area contributed by atoms with Crippen molar-refractivity contribution < 1.29 is 4.74 Å². The molecule has 0 aliphatic carbocycles. The summed E-state index contributed by atoms with van der Waals surface area (Å²) >= 11 is 0. The van der Waals surface area contributed by atoms with Crippen molar-refractivity contribution in [2.24, 2.45) is 22.7 Å². The lowest BCUT2D eigenvalue weighted by molar-refractivity contribution is 0.139. The lowest BCUT2D eigenvalue weighted by Gasteiger charge is -2.35. The zero-order valence-corrected chi connectivity index (χ0v) is 19.0. The number of hydrogen-bond acceptors (Lipinski definition) is 3.